The quantitative estimate of drug-likeness (QED) is 0.730. The van der Waals surface area contributed by atoms with E-state index in [-0.39, 0.29) is 12.2 Å². The van der Waals surface area contributed by atoms with Crippen LogP contribution in [0.15, 0.2) is 72.8 Å². The van der Waals surface area contributed by atoms with Gasteiger partial charge in [0.05, 0.1) is 25.4 Å². The van der Waals surface area contributed by atoms with Gasteiger partial charge in [-0.2, -0.15) is 0 Å². The van der Waals surface area contributed by atoms with Gasteiger partial charge in [-0.3, -0.25) is 0 Å². The Balaban J connectivity index is 1.45. The van der Waals surface area contributed by atoms with Gasteiger partial charge in [0.2, 0.25) is 0 Å². The van der Waals surface area contributed by atoms with Crippen molar-refractivity contribution in [2.75, 3.05) is 0 Å². The van der Waals surface area contributed by atoms with Crippen molar-refractivity contribution in [3.8, 4) is 0 Å². The molecular formula is C20H22O2. The minimum Gasteiger partial charge on any atom is -0.373 e. The smallest absolute Gasteiger partial charge is 0.0785 e. The zero-order valence-corrected chi connectivity index (χ0v) is 12.7. The van der Waals surface area contributed by atoms with Crippen molar-refractivity contribution in [2.45, 2.75) is 38.3 Å². The molecule has 0 heterocycles. The molecule has 1 aliphatic rings. The van der Waals surface area contributed by atoms with Crippen LogP contribution in [0.2, 0.25) is 0 Å². The molecule has 0 radical (unpaired) electrons. The van der Waals surface area contributed by atoms with Gasteiger partial charge in [-0.1, -0.05) is 72.8 Å². The molecule has 0 spiro atoms. The fourth-order valence-electron chi connectivity index (χ4n) is 2.64. The second-order valence-corrected chi connectivity index (χ2v) is 5.65. The van der Waals surface area contributed by atoms with Crippen LogP contribution in [0.3, 0.4) is 0 Å². The monoisotopic (exact) mass is 294 g/mol. The first-order valence-electron chi connectivity index (χ1n) is 7.88. The summed E-state index contributed by atoms with van der Waals surface area (Å²) in [5.41, 5.74) is 2.43. The summed E-state index contributed by atoms with van der Waals surface area (Å²) in [6, 6.07) is 20.6. The van der Waals surface area contributed by atoms with E-state index in [0.717, 1.165) is 12.8 Å². The van der Waals surface area contributed by atoms with Crippen LogP contribution in [0, 0.1) is 0 Å². The van der Waals surface area contributed by atoms with Crippen LogP contribution in [-0.4, -0.2) is 12.2 Å². The zero-order chi connectivity index (χ0) is 15.0. The highest BCUT2D eigenvalue weighted by molar-refractivity contribution is 5.14. The number of rotatable bonds is 6. The predicted octanol–water partition coefficient (Wildman–Crippen LogP) is 4.51. The average Bonchev–Trinajstić information content (AvgIpc) is 2.60. The van der Waals surface area contributed by atoms with Gasteiger partial charge in [0.15, 0.2) is 0 Å². The minimum atomic E-state index is 0.148. The maximum Gasteiger partial charge on any atom is 0.0785 e. The number of benzene rings is 2. The van der Waals surface area contributed by atoms with Crippen molar-refractivity contribution in [3.63, 3.8) is 0 Å². The molecule has 114 valence electrons. The Morgan fingerprint density at radius 3 is 2.00 bits per heavy atom. The molecule has 0 saturated carbocycles. The highest BCUT2D eigenvalue weighted by Gasteiger charge is 2.19. The van der Waals surface area contributed by atoms with Gasteiger partial charge in [-0.25, -0.2) is 0 Å². The summed E-state index contributed by atoms with van der Waals surface area (Å²) in [6.07, 6.45) is 6.62. The third-order valence-electron chi connectivity index (χ3n) is 3.88. The van der Waals surface area contributed by atoms with Crippen LogP contribution in [0.1, 0.15) is 24.0 Å². The summed E-state index contributed by atoms with van der Waals surface area (Å²) in [5.74, 6) is 0. The lowest BCUT2D eigenvalue weighted by molar-refractivity contribution is -0.0171. The average molecular weight is 294 g/mol. The number of ether oxygens (including phenoxy) is 2. The zero-order valence-electron chi connectivity index (χ0n) is 12.7. The Labute approximate surface area is 132 Å². The van der Waals surface area contributed by atoms with E-state index in [0.29, 0.717) is 13.2 Å². The van der Waals surface area contributed by atoms with E-state index in [2.05, 4.69) is 36.4 Å². The first-order valence-corrected chi connectivity index (χ1v) is 7.88. The standard InChI is InChI=1S/C20H22O2/c1-3-8-17(9-4-1)15-21-19-12-7-13-20(14-19)22-16-18-10-5-2-6-11-18/h1-12,19-20H,13-16H2. The van der Waals surface area contributed by atoms with Crippen LogP contribution < -0.4 is 0 Å². The summed E-state index contributed by atoms with van der Waals surface area (Å²) in [5, 5.41) is 0. The van der Waals surface area contributed by atoms with Crippen molar-refractivity contribution in [3.05, 3.63) is 83.9 Å². The lowest BCUT2D eigenvalue weighted by atomic mass is 10.0. The topological polar surface area (TPSA) is 18.5 Å². The van der Waals surface area contributed by atoms with Crippen molar-refractivity contribution in [1.82, 2.24) is 0 Å². The van der Waals surface area contributed by atoms with Gasteiger partial charge in [-0.05, 0) is 17.5 Å². The van der Waals surface area contributed by atoms with Crippen LogP contribution >= 0.6 is 0 Å². The summed E-state index contributed by atoms with van der Waals surface area (Å²) < 4.78 is 12.0. The third-order valence-corrected chi connectivity index (χ3v) is 3.88. The van der Waals surface area contributed by atoms with E-state index in [4.69, 9.17) is 9.47 Å². The Hall–Kier alpha value is -1.90. The summed E-state index contributed by atoms with van der Waals surface area (Å²) in [4.78, 5) is 0. The van der Waals surface area contributed by atoms with Crippen molar-refractivity contribution in [2.24, 2.45) is 0 Å². The van der Waals surface area contributed by atoms with Gasteiger partial charge in [0.1, 0.15) is 0 Å². The molecule has 2 aromatic rings. The summed E-state index contributed by atoms with van der Waals surface area (Å²) in [6.45, 7) is 1.33. The highest BCUT2D eigenvalue weighted by Crippen LogP contribution is 2.20. The maximum absolute atomic E-state index is 6.02. The van der Waals surface area contributed by atoms with Gasteiger partial charge in [0.25, 0.3) is 0 Å². The van der Waals surface area contributed by atoms with E-state index < -0.39 is 0 Å². The second kappa shape index (κ2) is 7.92. The van der Waals surface area contributed by atoms with E-state index >= 15 is 0 Å². The van der Waals surface area contributed by atoms with Crippen LogP contribution in [0.25, 0.3) is 0 Å². The molecule has 0 saturated heterocycles. The number of hydrogen-bond acceptors (Lipinski definition) is 2. The molecule has 0 aliphatic heterocycles. The Morgan fingerprint density at radius 2 is 1.36 bits per heavy atom. The van der Waals surface area contributed by atoms with E-state index in [1.165, 1.54) is 11.1 Å². The molecular weight excluding hydrogens is 272 g/mol. The molecule has 0 amide bonds. The van der Waals surface area contributed by atoms with Crippen molar-refractivity contribution >= 4 is 0 Å². The van der Waals surface area contributed by atoms with Gasteiger partial charge < -0.3 is 9.47 Å². The van der Waals surface area contributed by atoms with Gasteiger partial charge in [0, 0.05) is 6.42 Å². The largest absolute Gasteiger partial charge is 0.373 e. The molecule has 2 heteroatoms. The molecule has 0 N–H and O–H groups in total. The SMILES string of the molecule is C1=CC(OCc2ccccc2)CC(OCc2ccccc2)C1. The summed E-state index contributed by atoms with van der Waals surface area (Å²) in [7, 11) is 0. The first-order chi connectivity index (χ1) is 10.9. The Bertz CT molecular complexity index is 577. The molecule has 2 aromatic carbocycles. The molecule has 1 aliphatic carbocycles. The molecule has 2 atom stereocenters. The van der Waals surface area contributed by atoms with Crippen molar-refractivity contribution < 1.29 is 9.47 Å². The van der Waals surface area contributed by atoms with Crippen LogP contribution in [0.4, 0.5) is 0 Å². The molecule has 22 heavy (non-hydrogen) atoms. The molecule has 0 fully saturated rings. The number of hydrogen-bond donors (Lipinski definition) is 0. The lowest BCUT2D eigenvalue weighted by Gasteiger charge is -2.25. The van der Waals surface area contributed by atoms with Gasteiger partial charge >= 0.3 is 0 Å². The first kappa shape index (κ1) is 15.0. The Kier molecular flexibility index (Phi) is 5.41. The fourth-order valence-corrected chi connectivity index (χ4v) is 2.64. The fraction of sp³-hybridized carbons (Fsp3) is 0.300. The van der Waals surface area contributed by atoms with E-state index in [1.807, 2.05) is 36.4 Å². The van der Waals surface area contributed by atoms with Gasteiger partial charge in [-0.15, -0.1) is 0 Å². The van der Waals surface area contributed by atoms with E-state index in [1.54, 1.807) is 0 Å². The normalized spacial score (nSPS) is 20.9. The summed E-state index contributed by atoms with van der Waals surface area (Å²) >= 11 is 0. The predicted molar refractivity (Wildman–Crippen MR) is 88.4 cm³/mol. The van der Waals surface area contributed by atoms with Crippen molar-refractivity contribution in [1.29, 1.82) is 0 Å². The van der Waals surface area contributed by atoms with E-state index in [9.17, 15) is 0 Å². The van der Waals surface area contributed by atoms with Crippen LogP contribution in [0.5, 0.6) is 0 Å². The molecule has 3 rings (SSSR count). The molecule has 2 unspecified atom stereocenters. The third kappa shape index (κ3) is 4.55. The second-order valence-electron chi connectivity index (χ2n) is 5.65. The molecule has 0 bridgehead atoms. The molecule has 0 aromatic heterocycles. The molecule has 2 nitrogen and oxygen atoms in total. The maximum atomic E-state index is 6.02. The highest BCUT2D eigenvalue weighted by atomic mass is 16.5. The van der Waals surface area contributed by atoms with Crippen LogP contribution in [-0.2, 0) is 22.7 Å². The Morgan fingerprint density at radius 1 is 0.773 bits per heavy atom. The lowest BCUT2D eigenvalue weighted by Crippen LogP contribution is -2.24. The minimum absolute atomic E-state index is 0.148.